The smallest absolute Gasteiger partial charge is 0.409 e. The topological polar surface area (TPSA) is 29.5 Å². The molecule has 0 aromatic rings. The van der Waals surface area contributed by atoms with Crippen molar-refractivity contribution in [2.24, 2.45) is 5.41 Å². The summed E-state index contributed by atoms with van der Waals surface area (Å²) in [4.78, 5) is 13.3. The van der Waals surface area contributed by atoms with E-state index in [1.54, 1.807) is 4.90 Å². The Morgan fingerprint density at radius 2 is 1.87 bits per heavy atom. The van der Waals surface area contributed by atoms with Crippen LogP contribution in [0.2, 0.25) is 0 Å². The molecular weight excluding hydrogens is 190 g/mol. The largest absolute Gasteiger partial charge is 0.450 e. The molecule has 0 radical (unpaired) electrons. The molecular formula is C12H25NO2. The molecule has 1 atom stereocenters. The molecule has 0 saturated heterocycles. The van der Waals surface area contributed by atoms with Crippen molar-refractivity contribution in [3.05, 3.63) is 0 Å². The van der Waals surface area contributed by atoms with Gasteiger partial charge in [0.25, 0.3) is 0 Å². The Morgan fingerprint density at radius 1 is 1.33 bits per heavy atom. The molecule has 1 amide bonds. The molecule has 0 fully saturated rings. The standard InChI is InChI=1S/C12H25NO2/c1-7-10(12(4,5)8-2)13(6)11(14)15-9-3/h10H,7-9H2,1-6H3. The van der Waals surface area contributed by atoms with E-state index in [-0.39, 0.29) is 17.6 Å². The summed E-state index contributed by atoms with van der Waals surface area (Å²) in [7, 11) is 1.82. The van der Waals surface area contributed by atoms with Gasteiger partial charge in [-0.1, -0.05) is 27.7 Å². The SMILES string of the molecule is CCOC(=O)N(C)C(CC)C(C)(C)CC. The van der Waals surface area contributed by atoms with Gasteiger partial charge < -0.3 is 9.64 Å². The van der Waals surface area contributed by atoms with E-state index in [4.69, 9.17) is 4.74 Å². The molecule has 90 valence electrons. The van der Waals surface area contributed by atoms with E-state index in [1.165, 1.54) is 0 Å². The Kier molecular flexibility index (Phi) is 5.69. The molecule has 0 N–H and O–H groups in total. The van der Waals surface area contributed by atoms with Crippen LogP contribution >= 0.6 is 0 Å². The van der Waals surface area contributed by atoms with Gasteiger partial charge in [-0.25, -0.2) is 4.79 Å². The summed E-state index contributed by atoms with van der Waals surface area (Å²) in [6.45, 7) is 10.9. The first-order valence-electron chi connectivity index (χ1n) is 5.80. The van der Waals surface area contributed by atoms with Gasteiger partial charge >= 0.3 is 6.09 Å². The first kappa shape index (κ1) is 14.3. The average molecular weight is 215 g/mol. The maximum Gasteiger partial charge on any atom is 0.409 e. The third-order valence-corrected chi connectivity index (χ3v) is 3.22. The Bertz CT molecular complexity index is 202. The van der Waals surface area contributed by atoms with Crippen LogP contribution < -0.4 is 0 Å². The molecule has 0 aromatic carbocycles. The number of carbonyl (C=O) groups excluding carboxylic acids is 1. The van der Waals surface area contributed by atoms with Crippen LogP contribution in [0.5, 0.6) is 0 Å². The number of rotatable bonds is 5. The minimum Gasteiger partial charge on any atom is -0.450 e. The summed E-state index contributed by atoms with van der Waals surface area (Å²) in [6.07, 6.45) is 1.79. The Balaban J connectivity index is 4.60. The van der Waals surface area contributed by atoms with Crippen LogP contribution in [0.3, 0.4) is 0 Å². The minimum absolute atomic E-state index is 0.135. The third kappa shape index (κ3) is 3.73. The maximum absolute atomic E-state index is 11.6. The summed E-state index contributed by atoms with van der Waals surface area (Å²) >= 11 is 0. The minimum atomic E-state index is -0.217. The number of carbonyl (C=O) groups is 1. The molecule has 3 nitrogen and oxygen atoms in total. The van der Waals surface area contributed by atoms with Gasteiger partial charge in [0.05, 0.1) is 6.61 Å². The van der Waals surface area contributed by atoms with Gasteiger partial charge in [0.1, 0.15) is 0 Å². The van der Waals surface area contributed by atoms with Gasteiger partial charge in [0.15, 0.2) is 0 Å². The van der Waals surface area contributed by atoms with E-state index in [9.17, 15) is 4.79 Å². The zero-order valence-electron chi connectivity index (χ0n) is 11.0. The predicted octanol–water partition coefficient (Wildman–Crippen LogP) is 3.29. The van der Waals surface area contributed by atoms with Crippen molar-refractivity contribution < 1.29 is 9.53 Å². The highest BCUT2D eigenvalue weighted by Crippen LogP contribution is 2.30. The lowest BCUT2D eigenvalue weighted by Crippen LogP contribution is -2.45. The van der Waals surface area contributed by atoms with E-state index >= 15 is 0 Å². The second kappa shape index (κ2) is 5.99. The van der Waals surface area contributed by atoms with Gasteiger partial charge in [-0.3, -0.25) is 0 Å². The number of hydrogen-bond acceptors (Lipinski definition) is 2. The van der Waals surface area contributed by atoms with Crippen molar-refractivity contribution in [2.45, 2.75) is 53.5 Å². The van der Waals surface area contributed by atoms with Crippen LogP contribution in [-0.2, 0) is 4.74 Å². The van der Waals surface area contributed by atoms with Crippen molar-refractivity contribution in [3.63, 3.8) is 0 Å². The molecule has 1 unspecified atom stereocenters. The predicted molar refractivity (Wildman–Crippen MR) is 62.9 cm³/mol. The number of nitrogens with zero attached hydrogens (tertiary/aromatic N) is 1. The van der Waals surface area contributed by atoms with Gasteiger partial charge in [0.2, 0.25) is 0 Å². The van der Waals surface area contributed by atoms with E-state index in [1.807, 2.05) is 14.0 Å². The summed E-state index contributed by atoms with van der Waals surface area (Å²) in [6, 6.07) is 0.238. The quantitative estimate of drug-likeness (QED) is 0.704. The van der Waals surface area contributed by atoms with E-state index in [0.717, 1.165) is 12.8 Å². The number of hydrogen-bond donors (Lipinski definition) is 0. The fourth-order valence-corrected chi connectivity index (χ4v) is 1.94. The molecule has 0 aliphatic carbocycles. The summed E-state index contributed by atoms with van der Waals surface area (Å²) in [5, 5.41) is 0. The van der Waals surface area contributed by atoms with Crippen molar-refractivity contribution in [1.82, 2.24) is 4.90 Å². The normalized spacial score (nSPS) is 13.5. The molecule has 3 heteroatoms. The monoisotopic (exact) mass is 215 g/mol. The first-order chi connectivity index (χ1) is 6.90. The number of ether oxygens (including phenoxy) is 1. The second-order valence-electron chi connectivity index (χ2n) is 4.58. The third-order valence-electron chi connectivity index (χ3n) is 3.22. The van der Waals surface area contributed by atoms with Crippen LogP contribution in [0.25, 0.3) is 0 Å². The number of amides is 1. The highest BCUT2D eigenvalue weighted by atomic mass is 16.6. The van der Waals surface area contributed by atoms with Crippen LogP contribution in [-0.4, -0.2) is 30.7 Å². The van der Waals surface area contributed by atoms with Gasteiger partial charge in [-0.15, -0.1) is 0 Å². The maximum atomic E-state index is 11.6. The Morgan fingerprint density at radius 3 is 2.20 bits per heavy atom. The lowest BCUT2D eigenvalue weighted by molar-refractivity contribution is 0.0644. The lowest BCUT2D eigenvalue weighted by atomic mass is 9.80. The van der Waals surface area contributed by atoms with Crippen LogP contribution in [0.15, 0.2) is 0 Å². The van der Waals surface area contributed by atoms with Crippen LogP contribution in [0.1, 0.15) is 47.5 Å². The average Bonchev–Trinajstić information content (AvgIpc) is 2.18. The zero-order chi connectivity index (χ0) is 12.1. The summed E-state index contributed by atoms with van der Waals surface area (Å²) in [5.74, 6) is 0. The second-order valence-corrected chi connectivity index (χ2v) is 4.58. The molecule has 0 bridgehead atoms. The van der Waals surface area contributed by atoms with Crippen molar-refractivity contribution in [3.8, 4) is 0 Å². The van der Waals surface area contributed by atoms with Crippen molar-refractivity contribution >= 4 is 6.09 Å². The summed E-state index contributed by atoms with van der Waals surface area (Å²) < 4.78 is 5.01. The van der Waals surface area contributed by atoms with E-state index < -0.39 is 0 Å². The fourth-order valence-electron chi connectivity index (χ4n) is 1.94. The van der Waals surface area contributed by atoms with Gasteiger partial charge in [-0.2, -0.15) is 0 Å². The van der Waals surface area contributed by atoms with E-state index in [0.29, 0.717) is 6.61 Å². The van der Waals surface area contributed by atoms with Crippen molar-refractivity contribution in [1.29, 1.82) is 0 Å². The molecule has 0 spiro atoms. The Labute approximate surface area is 93.8 Å². The van der Waals surface area contributed by atoms with Crippen LogP contribution in [0, 0.1) is 5.41 Å². The van der Waals surface area contributed by atoms with Gasteiger partial charge in [-0.05, 0) is 25.2 Å². The molecule has 0 aliphatic rings. The fraction of sp³-hybridized carbons (Fsp3) is 0.917. The highest BCUT2D eigenvalue weighted by molar-refractivity contribution is 5.67. The molecule has 0 aromatic heterocycles. The Hall–Kier alpha value is -0.730. The lowest BCUT2D eigenvalue weighted by Gasteiger charge is -2.38. The molecule has 0 rings (SSSR count). The van der Waals surface area contributed by atoms with Crippen molar-refractivity contribution in [2.75, 3.05) is 13.7 Å². The molecule has 0 heterocycles. The van der Waals surface area contributed by atoms with E-state index in [2.05, 4.69) is 27.7 Å². The molecule has 15 heavy (non-hydrogen) atoms. The van der Waals surface area contributed by atoms with Crippen LogP contribution in [0.4, 0.5) is 4.79 Å². The zero-order valence-corrected chi connectivity index (χ0v) is 11.0. The van der Waals surface area contributed by atoms with Gasteiger partial charge in [0, 0.05) is 13.1 Å². The summed E-state index contributed by atoms with van der Waals surface area (Å²) in [5.41, 5.74) is 0.135. The molecule has 0 aliphatic heterocycles. The highest BCUT2D eigenvalue weighted by Gasteiger charge is 2.32. The molecule has 0 saturated carbocycles. The first-order valence-corrected chi connectivity index (χ1v) is 5.80.